The molecule has 1 atom stereocenters. The van der Waals surface area contributed by atoms with Gasteiger partial charge in [-0.05, 0) is 17.0 Å². The predicted octanol–water partition coefficient (Wildman–Crippen LogP) is 4.03. The molecule has 9 nitrogen and oxygen atoms in total. The van der Waals surface area contributed by atoms with Gasteiger partial charge in [0.2, 0.25) is 5.91 Å². The van der Waals surface area contributed by atoms with Crippen molar-refractivity contribution in [2.45, 2.75) is 12.5 Å². The van der Waals surface area contributed by atoms with Gasteiger partial charge in [-0.25, -0.2) is 0 Å². The summed E-state index contributed by atoms with van der Waals surface area (Å²) in [7, 11) is 0. The van der Waals surface area contributed by atoms with E-state index in [0.29, 0.717) is 22.6 Å². The molecule has 10 heteroatoms. The second kappa shape index (κ2) is 9.88. The van der Waals surface area contributed by atoms with Gasteiger partial charge in [0.25, 0.3) is 11.6 Å². The van der Waals surface area contributed by atoms with Crippen LogP contribution in [0.2, 0.25) is 0 Å². The average molecular weight is 462 g/mol. The Morgan fingerprint density at radius 3 is 2.61 bits per heavy atom. The molecule has 3 N–H and O–H groups in total. The Kier molecular flexibility index (Phi) is 6.56. The zero-order chi connectivity index (χ0) is 23.2. The average Bonchev–Trinajstić information content (AvgIpc) is 3.52. The van der Waals surface area contributed by atoms with E-state index in [9.17, 15) is 19.7 Å². The van der Waals surface area contributed by atoms with Gasteiger partial charge in [0.05, 0.1) is 15.5 Å². The maximum atomic E-state index is 13.0. The zero-order valence-electron chi connectivity index (χ0n) is 17.2. The number of aromatic amines is 1. The van der Waals surface area contributed by atoms with E-state index in [0.717, 1.165) is 5.56 Å². The van der Waals surface area contributed by atoms with Crippen molar-refractivity contribution in [1.29, 1.82) is 0 Å². The Bertz CT molecular complexity index is 1270. The third kappa shape index (κ3) is 5.49. The minimum absolute atomic E-state index is 0.0492. The molecule has 0 aliphatic carbocycles. The fourth-order valence-electron chi connectivity index (χ4n) is 3.23. The normalized spacial score (nSPS) is 11.5. The van der Waals surface area contributed by atoms with Gasteiger partial charge < -0.3 is 10.6 Å². The molecule has 0 aliphatic rings. The minimum Gasteiger partial charge on any atom is -0.339 e. The van der Waals surface area contributed by atoms with Crippen LogP contribution in [0.3, 0.4) is 0 Å². The number of carbonyl (C=O) groups excluding carboxylic acids is 2. The Morgan fingerprint density at radius 1 is 1.06 bits per heavy atom. The molecular weight excluding hydrogens is 442 g/mol. The summed E-state index contributed by atoms with van der Waals surface area (Å²) in [5.41, 5.74) is 1.91. The van der Waals surface area contributed by atoms with Gasteiger partial charge >= 0.3 is 0 Å². The first-order valence-electron chi connectivity index (χ1n) is 9.99. The molecule has 0 bridgehead atoms. The highest BCUT2D eigenvalue weighted by atomic mass is 32.1. The summed E-state index contributed by atoms with van der Waals surface area (Å²) < 4.78 is 0. The van der Waals surface area contributed by atoms with E-state index in [1.807, 2.05) is 30.3 Å². The van der Waals surface area contributed by atoms with Crippen LogP contribution < -0.4 is 10.6 Å². The van der Waals surface area contributed by atoms with E-state index < -0.39 is 16.9 Å². The zero-order valence-corrected chi connectivity index (χ0v) is 18.0. The lowest BCUT2D eigenvalue weighted by molar-refractivity contribution is -0.384. The summed E-state index contributed by atoms with van der Waals surface area (Å²) >= 11 is 1.29. The van der Waals surface area contributed by atoms with Crippen LogP contribution in [0, 0.1) is 10.1 Å². The highest BCUT2D eigenvalue weighted by Crippen LogP contribution is 2.24. The van der Waals surface area contributed by atoms with Crippen molar-refractivity contribution in [3.05, 3.63) is 98.7 Å². The molecule has 2 heterocycles. The number of nitro groups is 1. The lowest BCUT2D eigenvalue weighted by Crippen LogP contribution is -2.45. The lowest BCUT2D eigenvalue weighted by atomic mass is 10.1. The monoisotopic (exact) mass is 461 g/mol. The van der Waals surface area contributed by atoms with Crippen molar-refractivity contribution in [3.8, 4) is 11.3 Å². The van der Waals surface area contributed by atoms with Crippen molar-refractivity contribution in [2.75, 3.05) is 5.32 Å². The number of aromatic nitrogens is 2. The molecule has 1 unspecified atom stereocenters. The van der Waals surface area contributed by atoms with Crippen molar-refractivity contribution >= 4 is 34.7 Å². The largest absolute Gasteiger partial charge is 0.339 e. The van der Waals surface area contributed by atoms with Crippen LogP contribution in [0.5, 0.6) is 0 Å². The third-order valence-electron chi connectivity index (χ3n) is 4.85. The van der Waals surface area contributed by atoms with Gasteiger partial charge in [-0.2, -0.15) is 5.10 Å². The molecule has 0 saturated heterocycles. The van der Waals surface area contributed by atoms with Crippen LogP contribution >= 0.6 is 11.3 Å². The van der Waals surface area contributed by atoms with Crippen LogP contribution in [0.4, 0.5) is 11.5 Å². The number of rotatable bonds is 8. The summed E-state index contributed by atoms with van der Waals surface area (Å²) in [5.74, 6) is -0.522. The van der Waals surface area contributed by atoms with Gasteiger partial charge in [-0.3, -0.25) is 24.8 Å². The highest BCUT2D eigenvalue weighted by Gasteiger charge is 2.23. The molecule has 4 rings (SSSR count). The molecule has 2 aromatic carbocycles. The van der Waals surface area contributed by atoms with Crippen molar-refractivity contribution in [1.82, 2.24) is 15.5 Å². The third-order valence-corrected chi connectivity index (χ3v) is 5.72. The number of benzene rings is 2. The number of hydrogen-bond acceptors (Lipinski definition) is 6. The van der Waals surface area contributed by atoms with Gasteiger partial charge in [-0.15, -0.1) is 11.3 Å². The number of non-ortho nitro benzene ring substituents is 1. The van der Waals surface area contributed by atoms with Gasteiger partial charge in [0.15, 0.2) is 5.82 Å². The summed E-state index contributed by atoms with van der Waals surface area (Å²) in [6.07, 6.45) is 0.298. The molecule has 2 amide bonds. The Hall–Kier alpha value is -4.31. The first kappa shape index (κ1) is 21.9. The molecular formula is C23H19N5O4S. The van der Waals surface area contributed by atoms with Crippen molar-refractivity contribution in [3.63, 3.8) is 0 Å². The van der Waals surface area contributed by atoms with E-state index in [4.69, 9.17) is 0 Å². The fourth-order valence-corrected chi connectivity index (χ4v) is 3.86. The smallest absolute Gasteiger partial charge is 0.270 e. The van der Waals surface area contributed by atoms with E-state index in [2.05, 4.69) is 20.8 Å². The summed E-state index contributed by atoms with van der Waals surface area (Å²) in [5, 5.41) is 25.2. The van der Waals surface area contributed by atoms with E-state index in [-0.39, 0.29) is 17.4 Å². The van der Waals surface area contributed by atoms with E-state index in [1.165, 1.54) is 23.5 Å². The maximum absolute atomic E-state index is 13.0. The van der Waals surface area contributed by atoms with E-state index in [1.54, 1.807) is 35.7 Å². The van der Waals surface area contributed by atoms with Crippen LogP contribution in [-0.4, -0.2) is 33.0 Å². The van der Waals surface area contributed by atoms with Crippen LogP contribution in [0.1, 0.15) is 15.2 Å². The molecule has 0 spiro atoms. The summed E-state index contributed by atoms with van der Waals surface area (Å²) in [6.45, 7) is 0. The molecule has 166 valence electrons. The number of thiophene rings is 1. The first-order chi connectivity index (χ1) is 16.0. The Morgan fingerprint density at radius 2 is 1.88 bits per heavy atom. The van der Waals surface area contributed by atoms with Crippen molar-refractivity contribution < 1.29 is 14.5 Å². The standard InChI is InChI=1S/C23H19N5O4S/c29-22(25-21-14-18(26-27-21)16-8-4-9-17(13-16)28(31)32)19(12-15-6-2-1-3-7-15)24-23(30)20-10-5-11-33-20/h1-11,13-14,19H,12H2,(H,24,30)(H2,25,26,27,29). The van der Waals surface area contributed by atoms with Crippen molar-refractivity contribution in [2.24, 2.45) is 0 Å². The first-order valence-corrected chi connectivity index (χ1v) is 10.9. The second-order valence-corrected chi connectivity index (χ2v) is 8.10. The number of nitrogens with one attached hydrogen (secondary N) is 3. The molecule has 33 heavy (non-hydrogen) atoms. The molecule has 0 radical (unpaired) electrons. The van der Waals surface area contributed by atoms with E-state index >= 15 is 0 Å². The number of H-pyrrole nitrogens is 1. The second-order valence-electron chi connectivity index (χ2n) is 7.16. The molecule has 0 aliphatic heterocycles. The Labute approximate surface area is 192 Å². The number of amides is 2. The number of nitro benzene ring substituents is 1. The van der Waals surface area contributed by atoms with Crippen LogP contribution in [0.15, 0.2) is 78.2 Å². The summed E-state index contributed by atoms with van der Waals surface area (Å²) in [4.78, 5) is 36.7. The summed E-state index contributed by atoms with van der Waals surface area (Å²) in [6, 6.07) is 19.7. The quantitative estimate of drug-likeness (QED) is 0.269. The SMILES string of the molecule is O=C(NC(Cc1ccccc1)C(=O)Nc1cc(-c2cccc([N+](=O)[O-])c2)[nH]n1)c1cccs1. The van der Waals surface area contributed by atoms with Gasteiger partial charge in [0, 0.05) is 30.2 Å². The molecule has 2 aromatic heterocycles. The Balaban J connectivity index is 1.51. The number of nitrogens with zero attached hydrogens (tertiary/aromatic N) is 2. The number of carbonyl (C=O) groups is 2. The van der Waals surface area contributed by atoms with Gasteiger partial charge in [0.1, 0.15) is 6.04 Å². The van der Waals surface area contributed by atoms with Crippen LogP contribution in [-0.2, 0) is 11.2 Å². The molecule has 0 saturated carbocycles. The molecule has 0 fully saturated rings. The minimum atomic E-state index is -0.833. The topological polar surface area (TPSA) is 130 Å². The highest BCUT2D eigenvalue weighted by molar-refractivity contribution is 7.12. The molecule has 4 aromatic rings. The fraction of sp³-hybridized carbons (Fsp3) is 0.0870. The van der Waals surface area contributed by atoms with Crippen LogP contribution in [0.25, 0.3) is 11.3 Å². The maximum Gasteiger partial charge on any atom is 0.270 e. The predicted molar refractivity (Wildman–Crippen MR) is 125 cm³/mol. The van der Waals surface area contributed by atoms with Gasteiger partial charge in [-0.1, -0.05) is 48.5 Å². The lowest BCUT2D eigenvalue weighted by Gasteiger charge is -2.17. The number of anilines is 1. The number of hydrogen-bond donors (Lipinski definition) is 3.